The molecule has 2 N–H and O–H groups in total. The van der Waals surface area contributed by atoms with Crippen LogP contribution in [0.1, 0.15) is 23.2 Å². The van der Waals surface area contributed by atoms with Crippen LogP contribution in [-0.4, -0.2) is 29.8 Å². The molecular formula is C19H18F2N2O2. The van der Waals surface area contributed by atoms with E-state index in [4.69, 9.17) is 5.73 Å². The Balaban J connectivity index is 1.81. The van der Waals surface area contributed by atoms with Gasteiger partial charge in [0, 0.05) is 13.1 Å². The Morgan fingerprint density at radius 2 is 1.72 bits per heavy atom. The predicted molar refractivity (Wildman–Crippen MR) is 89.6 cm³/mol. The minimum Gasteiger partial charge on any atom is -0.369 e. The normalized spacial score (nSPS) is 17.4. The topological polar surface area (TPSA) is 63.4 Å². The highest BCUT2D eigenvalue weighted by Crippen LogP contribution is 2.24. The van der Waals surface area contributed by atoms with Gasteiger partial charge in [0.25, 0.3) is 5.91 Å². The molecule has 0 aromatic heterocycles. The first-order valence-corrected chi connectivity index (χ1v) is 8.10. The first-order valence-electron chi connectivity index (χ1n) is 8.10. The second kappa shape index (κ2) is 7.01. The van der Waals surface area contributed by atoms with Crippen LogP contribution in [0.15, 0.2) is 42.5 Å². The number of carbonyl (C=O) groups excluding carboxylic acids is 2. The van der Waals surface area contributed by atoms with Gasteiger partial charge in [0.05, 0.1) is 11.5 Å². The molecule has 1 fully saturated rings. The molecule has 2 amide bonds. The highest BCUT2D eigenvalue weighted by Gasteiger charge is 2.28. The fourth-order valence-corrected chi connectivity index (χ4v) is 3.07. The fourth-order valence-electron chi connectivity index (χ4n) is 3.07. The number of hydrogen-bond acceptors (Lipinski definition) is 2. The van der Waals surface area contributed by atoms with Crippen LogP contribution < -0.4 is 5.73 Å². The summed E-state index contributed by atoms with van der Waals surface area (Å²) in [6, 6.07) is 9.99. The smallest absolute Gasteiger partial charge is 0.256 e. The van der Waals surface area contributed by atoms with E-state index in [0.29, 0.717) is 30.5 Å². The van der Waals surface area contributed by atoms with Gasteiger partial charge in [0.2, 0.25) is 5.91 Å². The van der Waals surface area contributed by atoms with E-state index < -0.39 is 17.6 Å². The molecule has 2 aromatic carbocycles. The van der Waals surface area contributed by atoms with E-state index in [-0.39, 0.29) is 23.8 Å². The van der Waals surface area contributed by atoms with Crippen molar-refractivity contribution in [2.24, 2.45) is 11.7 Å². The molecule has 0 spiro atoms. The number of likely N-dealkylation sites (tertiary alicyclic amines) is 1. The van der Waals surface area contributed by atoms with Crippen LogP contribution in [-0.2, 0) is 4.79 Å². The molecule has 2 aromatic rings. The molecule has 0 saturated carbocycles. The molecular weight excluding hydrogens is 326 g/mol. The number of benzene rings is 2. The van der Waals surface area contributed by atoms with Crippen LogP contribution in [0.4, 0.5) is 8.78 Å². The van der Waals surface area contributed by atoms with Crippen LogP contribution >= 0.6 is 0 Å². The van der Waals surface area contributed by atoms with Gasteiger partial charge >= 0.3 is 0 Å². The minimum atomic E-state index is -0.645. The molecule has 0 radical (unpaired) electrons. The Hall–Kier alpha value is -2.76. The maximum atomic E-state index is 14.5. The Kier molecular flexibility index (Phi) is 4.79. The fraction of sp³-hybridized carbons (Fsp3) is 0.263. The van der Waals surface area contributed by atoms with E-state index in [2.05, 4.69) is 0 Å². The lowest BCUT2D eigenvalue weighted by Crippen LogP contribution is -2.44. The van der Waals surface area contributed by atoms with E-state index in [1.54, 1.807) is 18.2 Å². The highest BCUT2D eigenvalue weighted by atomic mass is 19.1. The SMILES string of the molecule is NC(=O)[C@H]1CCCN(C(=O)c2ccc(-c3ccc(F)cc3)cc2F)C1. The number of halogens is 2. The average molecular weight is 344 g/mol. The third-order valence-electron chi connectivity index (χ3n) is 4.49. The summed E-state index contributed by atoms with van der Waals surface area (Å²) in [5.41, 5.74) is 6.49. The van der Waals surface area contributed by atoms with Gasteiger partial charge in [-0.15, -0.1) is 0 Å². The summed E-state index contributed by atoms with van der Waals surface area (Å²) in [7, 11) is 0. The molecule has 25 heavy (non-hydrogen) atoms. The van der Waals surface area contributed by atoms with E-state index in [1.165, 1.54) is 29.2 Å². The van der Waals surface area contributed by atoms with Crippen molar-refractivity contribution in [3.63, 3.8) is 0 Å². The molecule has 1 atom stereocenters. The monoisotopic (exact) mass is 344 g/mol. The summed E-state index contributed by atoms with van der Waals surface area (Å²) < 4.78 is 27.5. The van der Waals surface area contributed by atoms with Gasteiger partial charge < -0.3 is 10.6 Å². The van der Waals surface area contributed by atoms with Gasteiger partial charge in [-0.3, -0.25) is 9.59 Å². The molecule has 0 unspecified atom stereocenters. The lowest BCUT2D eigenvalue weighted by atomic mass is 9.96. The van der Waals surface area contributed by atoms with E-state index in [9.17, 15) is 18.4 Å². The average Bonchev–Trinajstić information content (AvgIpc) is 2.62. The molecule has 1 aliphatic heterocycles. The zero-order valence-electron chi connectivity index (χ0n) is 13.5. The van der Waals surface area contributed by atoms with Crippen LogP contribution in [0.25, 0.3) is 11.1 Å². The number of hydrogen-bond donors (Lipinski definition) is 1. The van der Waals surface area contributed by atoms with Crippen molar-refractivity contribution in [2.45, 2.75) is 12.8 Å². The van der Waals surface area contributed by atoms with Crippen molar-refractivity contribution in [2.75, 3.05) is 13.1 Å². The lowest BCUT2D eigenvalue weighted by Gasteiger charge is -2.31. The lowest BCUT2D eigenvalue weighted by molar-refractivity contribution is -0.123. The number of amides is 2. The molecule has 4 nitrogen and oxygen atoms in total. The Morgan fingerprint density at radius 3 is 2.36 bits per heavy atom. The molecule has 130 valence electrons. The van der Waals surface area contributed by atoms with Crippen molar-refractivity contribution in [3.8, 4) is 11.1 Å². The zero-order chi connectivity index (χ0) is 18.0. The Morgan fingerprint density at radius 1 is 1.04 bits per heavy atom. The molecule has 6 heteroatoms. The van der Waals surface area contributed by atoms with Crippen LogP contribution in [0, 0.1) is 17.6 Å². The molecule has 1 aliphatic rings. The third kappa shape index (κ3) is 3.68. The van der Waals surface area contributed by atoms with E-state index in [1.807, 2.05) is 0 Å². The van der Waals surface area contributed by atoms with Crippen molar-refractivity contribution < 1.29 is 18.4 Å². The number of piperidine rings is 1. The van der Waals surface area contributed by atoms with Crippen molar-refractivity contribution in [3.05, 3.63) is 59.7 Å². The summed E-state index contributed by atoms with van der Waals surface area (Å²) in [5, 5.41) is 0. The van der Waals surface area contributed by atoms with Crippen LogP contribution in [0.2, 0.25) is 0 Å². The van der Waals surface area contributed by atoms with Gasteiger partial charge in [-0.05, 0) is 48.2 Å². The number of primary amides is 1. The van der Waals surface area contributed by atoms with E-state index >= 15 is 0 Å². The number of carbonyl (C=O) groups is 2. The maximum Gasteiger partial charge on any atom is 0.256 e. The number of nitrogens with two attached hydrogens (primary N) is 1. The summed E-state index contributed by atoms with van der Waals surface area (Å²) in [6.45, 7) is 0.690. The van der Waals surface area contributed by atoms with Gasteiger partial charge in [0.1, 0.15) is 11.6 Å². The number of rotatable bonds is 3. The summed E-state index contributed by atoms with van der Waals surface area (Å²) in [4.78, 5) is 25.4. The van der Waals surface area contributed by atoms with E-state index in [0.717, 1.165) is 0 Å². The van der Waals surface area contributed by atoms with Gasteiger partial charge in [0.15, 0.2) is 0 Å². The summed E-state index contributed by atoms with van der Waals surface area (Å²) in [5.74, 6) is -2.30. The molecule has 1 saturated heterocycles. The second-order valence-electron chi connectivity index (χ2n) is 6.19. The molecule has 3 rings (SSSR count). The van der Waals surface area contributed by atoms with Gasteiger partial charge in [-0.2, -0.15) is 0 Å². The molecule has 0 bridgehead atoms. The Bertz CT molecular complexity index is 806. The summed E-state index contributed by atoms with van der Waals surface area (Å²) in [6.07, 6.45) is 1.31. The van der Waals surface area contributed by atoms with Gasteiger partial charge in [-0.1, -0.05) is 18.2 Å². The largest absolute Gasteiger partial charge is 0.369 e. The molecule has 1 heterocycles. The highest BCUT2D eigenvalue weighted by molar-refractivity contribution is 5.95. The second-order valence-corrected chi connectivity index (χ2v) is 6.19. The standard InChI is InChI=1S/C19H18F2N2O2/c20-15-6-3-12(4-7-15)13-5-8-16(17(21)10-13)19(25)23-9-1-2-14(11-23)18(22)24/h3-8,10,14H,1-2,9,11H2,(H2,22,24)/t14-/m0/s1. The van der Waals surface area contributed by atoms with Gasteiger partial charge in [-0.25, -0.2) is 8.78 Å². The molecule has 0 aliphatic carbocycles. The van der Waals surface area contributed by atoms with Crippen LogP contribution in [0.5, 0.6) is 0 Å². The maximum absolute atomic E-state index is 14.5. The zero-order valence-corrected chi connectivity index (χ0v) is 13.5. The predicted octanol–water partition coefficient (Wildman–Crippen LogP) is 2.97. The van der Waals surface area contributed by atoms with Crippen molar-refractivity contribution in [1.29, 1.82) is 0 Å². The quantitative estimate of drug-likeness (QED) is 0.930. The third-order valence-corrected chi connectivity index (χ3v) is 4.49. The minimum absolute atomic E-state index is 0.0454. The first kappa shape index (κ1) is 17.1. The number of nitrogens with zero attached hydrogens (tertiary/aromatic N) is 1. The van der Waals surface area contributed by atoms with Crippen molar-refractivity contribution >= 4 is 11.8 Å². The summed E-state index contributed by atoms with van der Waals surface area (Å²) >= 11 is 0. The first-order chi connectivity index (χ1) is 12.0. The van der Waals surface area contributed by atoms with Crippen molar-refractivity contribution in [1.82, 2.24) is 4.90 Å². The Labute approximate surface area is 144 Å². The van der Waals surface area contributed by atoms with Crippen LogP contribution in [0.3, 0.4) is 0 Å².